The van der Waals surface area contributed by atoms with E-state index in [-0.39, 0.29) is 5.78 Å². The van der Waals surface area contributed by atoms with Crippen LogP contribution in [-0.4, -0.2) is 48.4 Å². The number of aryl methyl sites for hydroxylation is 1. The van der Waals surface area contributed by atoms with Crippen LogP contribution in [-0.2, 0) is 0 Å². The number of aromatic amines is 1. The second-order valence-corrected chi connectivity index (χ2v) is 7.19. The summed E-state index contributed by atoms with van der Waals surface area (Å²) in [6.07, 6.45) is 1.91. The number of hydrogen-bond acceptors (Lipinski definition) is 3. The third kappa shape index (κ3) is 3.25. The van der Waals surface area contributed by atoms with E-state index < -0.39 is 0 Å². The number of hydrogen-bond donors (Lipinski definition) is 1. The van der Waals surface area contributed by atoms with Crippen molar-refractivity contribution in [2.45, 2.75) is 13.8 Å². The van der Waals surface area contributed by atoms with Crippen LogP contribution in [0.4, 0.5) is 5.69 Å². The number of carbonyl (C=O) groups is 1. The molecule has 0 saturated carbocycles. The number of Topliss-reactive ketones (excluding diaryl/α,β-unsaturated/α-hetero) is 1. The summed E-state index contributed by atoms with van der Waals surface area (Å²) in [7, 11) is 0. The number of H-pyrrole nitrogens is 1. The Morgan fingerprint density at radius 3 is 2.65 bits per heavy atom. The number of rotatable bonds is 4. The molecule has 1 fully saturated rings. The number of fused-ring (bicyclic) bond motifs is 1. The third-order valence-corrected chi connectivity index (χ3v) is 5.53. The molecule has 1 aromatic heterocycles. The first-order valence-electron chi connectivity index (χ1n) is 9.26. The minimum absolute atomic E-state index is 0.196. The molecule has 1 N–H and O–H groups in total. The van der Waals surface area contributed by atoms with Gasteiger partial charge in [0.25, 0.3) is 0 Å². The van der Waals surface area contributed by atoms with E-state index in [1.807, 2.05) is 30.5 Å². The van der Waals surface area contributed by atoms with Gasteiger partial charge in [0.05, 0.1) is 6.54 Å². The molecule has 4 rings (SSSR count). The number of benzene rings is 2. The molecule has 4 nitrogen and oxygen atoms in total. The summed E-state index contributed by atoms with van der Waals surface area (Å²) in [5.74, 6) is 0.196. The SMILES string of the molecule is Cc1cccc(N2CCN(CC(=O)c3ccc4cc[nH]c4c3)CC2)c1C. The van der Waals surface area contributed by atoms with E-state index in [4.69, 9.17) is 0 Å². The Kier molecular flexibility index (Phi) is 4.51. The summed E-state index contributed by atoms with van der Waals surface area (Å²) in [5.41, 5.74) is 5.83. The van der Waals surface area contributed by atoms with Crippen LogP contribution in [0.2, 0.25) is 0 Å². The van der Waals surface area contributed by atoms with Crippen LogP contribution < -0.4 is 4.90 Å². The molecule has 26 heavy (non-hydrogen) atoms. The average Bonchev–Trinajstić information content (AvgIpc) is 3.12. The summed E-state index contributed by atoms with van der Waals surface area (Å²) in [6, 6.07) is 14.4. The maximum absolute atomic E-state index is 12.7. The highest BCUT2D eigenvalue weighted by atomic mass is 16.1. The first-order chi connectivity index (χ1) is 12.6. The molecule has 1 saturated heterocycles. The molecule has 2 heterocycles. The predicted octanol–water partition coefficient (Wildman–Crippen LogP) is 3.79. The largest absolute Gasteiger partial charge is 0.369 e. The van der Waals surface area contributed by atoms with Crippen LogP contribution in [0.15, 0.2) is 48.7 Å². The van der Waals surface area contributed by atoms with Gasteiger partial charge in [-0.1, -0.05) is 24.3 Å². The smallest absolute Gasteiger partial charge is 0.176 e. The number of anilines is 1. The van der Waals surface area contributed by atoms with Crippen molar-refractivity contribution in [1.82, 2.24) is 9.88 Å². The monoisotopic (exact) mass is 347 g/mol. The predicted molar refractivity (Wildman–Crippen MR) is 107 cm³/mol. The van der Waals surface area contributed by atoms with Crippen molar-refractivity contribution in [2.75, 3.05) is 37.6 Å². The molecule has 0 atom stereocenters. The van der Waals surface area contributed by atoms with Crippen molar-refractivity contribution in [3.05, 3.63) is 65.4 Å². The maximum atomic E-state index is 12.7. The van der Waals surface area contributed by atoms with Gasteiger partial charge < -0.3 is 9.88 Å². The molecule has 4 heteroatoms. The Bertz CT molecular complexity index is 935. The highest BCUT2D eigenvalue weighted by Crippen LogP contribution is 2.24. The van der Waals surface area contributed by atoms with E-state index in [1.165, 1.54) is 16.8 Å². The second-order valence-electron chi connectivity index (χ2n) is 7.19. The fourth-order valence-corrected chi connectivity index (χ4v) is 3.74. The molecule has 2 aromatic carbocycles. The van der Waals surface area contributed by atoms with E-state index in [0.29, 0.717) is 6.54 Å². The number of piperazine rings is 1. The molecule has 0 radical (unpaired) electrons. The van der Waals surface area contributed by atoms with Crippen LogP contribution in [0.3, 0.4) is 0 Å². The van der Waals surface area contributed by atoms with E-state index in [1.54, 1.807) is 0 Å². The lowest BCUT2D eigenvalue weighted by Crippen LogP contribution is -2.48. The van der Waals surface area contributed by atoms with Crippen molar-refractivity contribution in [3.8, 4) is 0 Å². The molecule has 0 bridgehead atoms. The molecule has 0 unspecified atom stereocenters. The zero-order chi connectivity index (χ0) is 18.1. The molecule has 0 spiro atoms. The second kappa shape index (κ2) is 6.96. The van der Waals surface area contributed by atoms with Gasteiger partial charge in [-0.15, -0.1) is 0 Å². The minimum atomic E-state index is 0.196. The van der Waals surface area contributed by atoms with E-state index in [0.717, 1.165) is 42.6 Å². The lowest BCUT2D eigenvalue weighted by molar-refractivity contribution is 0.0926. The van der Waals surface area contributed by atoms with Crippen LogP contribution in [0.5, 0.6) is 0 Å². The number of nitrogens with zero attached hydrogens (tertiary/aromatic N) is 2. The minimum Gasteiger partial charge on any atom is -0.369 e. The Balaban J connectivity index is 1.39. The first-order valence-corrected chi connectivity index (χ1v) is 9.26. The summed E-state index contributed by atoms with van der Waals surface area (Å²) >= 11 is 0. The van der Waals surface area contributed by atoms with Gasteiger partial charge in [-0.05, 0) is 48.6 Å². The lowest BCUT2D eigenvalue weighted by atomic mass is 10.1. The summed E-state index contributed by atoms with van der Waals surface area (Å²) in [6.45, 7) is 8.62. The maximum Gasteiger partial charge on any atom is 0.176 e. The third-order valence-electron chi connectivity index (χ3n) is 5.53. The highest BCUT2D eigenvalue weighted by Gasteiger charge is 2.21. The van der Waals surface area contributed by atoms with E-state index >= 15 is 0 Å². The molecule has 1 aliphatic heterocycles. The Labute approximate surface area is 154 Å². The van der Waals surface area contributed by atoms with Gasteiger partial charge in [0.2, 0.25) is 0 Å². The number of ketones is 1. The van der Waals surface area contributed by atoms with Gasteiger partial charge >= 0.3 is 0 Å². The Morgan fingerprint density at radius 1 is 1.04 bits per heavy atom. The van der Waals surface area contributed by atoms with Crippen LogP contribution in [0.1, 0.15) is 21.5 Å². The van der Waals surface area contributed by atoms with Gasteiger partial charge in [0, 0.05) is 49.1 Å². The zero-order valence-electron chi connectivity index (χ0n) is 15.5. The van der Waals surface area contributed by atoms with Gasteiger partial charge in [0.1, 0.15) is 0 Å². The summed E-state index contributed by atoms with van der Waals surface area (Å²) < 4.78 is 0. The molecular formula is C22H25N3O. The fraction of sp³-hybridized carbons (Fsp3) is 0.318. The number of carbonyl (C=O) groups excluding carboxylic acids is 1. The topological polar surface area (TPSA) is 39.3 Å². The van der Waals surface area contributed by atoms with Crippen molar-refractivity contribution in [3.63, 3.8) is 0 Å². The van der Waals surface area contributed by atoms with Gasteiger partial charge in [0.15, 0.2) is 5.78 Å². The highest BCUT2D eigenvalue weighted by molar-refractivity contribution is 6.00. The van der Waals surface area contributed by atoms with Crippen molar-refractivity contribution < 1.29 is 4.79 Å². The Hall–Kier alpha value is -2.59. The first kappa shape index (κ1) is 16.9. The molecule has 134 valence electrons. The molecule has 3 aromatic rings. The molecule has 0 aliphatic carbocycles. The summed E-state index contributed by atoms with van der Waals surface area (Å²) in [4.78, 5) is 20.5. The fourth-order valence-electron chi connectivity index (χ4n) is 3.74. The van der Waals surface area contributed by atoms with E-state index in [9.17, 15) is 4.79 Å². The summed E-state index contributed by atoms with van der Waals surface area (Å²) in [5, 5.41) is 1.14. The normalized spacial score (nSPS) is 15.5. The van der Waals surface area contributed by atoms with Crippen LogP contribution in [0, 0.1) is 13.8 Å². The van der Waals surface area contributed by atoms with Gasteiger partial charge in [-0.3, -0.25) is 9.69 Å². The van der Waals surface area contributed by atoms with Crippen molar-refractivity contribution in [1.29, 1.82) is 0 Å². The zero-order valence-corrected chi connectivity index (χ0v) is 15.5. The number of aromatic nitrogens is 1. The average molecular weight is 347 g/mol. The lowest BCUT2D eigenvalue weighted by Gasteiger charge is -2.36. The molecule has 0 amide bonds. The van der Waals surface area contributed by atoms with Crippen LogP contribution in [0.25, 0.3) is 10.9 Å². The quantitative estimate of drug-likeness (QED) is 0.730. The Morgan fingerprint density at radius 2 is 1.85 bits per heavy atom. The van der Waals surface area contributed by atoms with Gasteiger partial charge in [-0.25, -0.2) is 0 Å². The standard InChI is InChI=1S/C22H25N3O/c1-16-4-3-5-21(17(16)2)25-12-10-24(11-13-25)15-22(26)19-7-6-18-8-9-23-20(18)14-19/h3-9,14,23H,10-13,15H2,1-2H3. The van der Waals surface area contributed by atoms with Crippen LogP contribution >= 0.6 is 0 Å². The van der Waals surface area contributed by atoms with Gasteiger partial charge in [-0.2, -0.15) is 0 Å². The van der Waals surface area contributed by atoms with Crippen molar-refractivity contribution in [2.24, 2.45) is 0 Å². The van der Waals surface area contributed by atoms with Crippen molar-refractivity contribution >= 4 is 22.4 Å². The number of nitrogens with one attached hydrogen (secondary N) is 1. The molecule has 1 aliphatic rings. The molecular weight excluding hydrogens is 322 g/mol. The van der Waals surface area contributed by atoms with E-state index in [2.05, 4.69) is 46.8 Å².